The predicted octanol–water partition coefficient (Wildman–Crippen LogP) is 3.87. The zero-order valence-corrected chi connectivity index (χ0v) is 20.3. The molecule has 0 fully saturated rings. The molecule has 2 aromatic carbocycles. The SMILES string of the molecule is CCc1ccc(C(C)(C)CNC(=NC)NCc2cccc(C(=O)NC)c2)cc1.I. The number of halogens is 1. The van der Waals surface area contributed by atoms with Crippen LogP contribution in [0.2, 0.25) is 0 Å². The summed E-state index contributed by atoms with van der Waals surface area (Å²) in [6.07, 6.45) is 1.05. The average Bonchev–Trinajstić information content (AvgIpc) is 2.73. The van der Waals surface area contributed by atoms with Gasteiger partial charge in [-0.15, -0.1) is 24.0 Å². The van der Waals surface area contributed by atoms with Crippen molar-refractivity contribution in [3.63, 3.8) is 0 Å². The first-order valence-corrected chi connectivity index (χ1v) is 9.74. The summed E-state index contributed by atoms with van der Waals surface area (Å²) in [4.78, 5) is 16.1. The highest BCUT2D eigenvalue weighted by Crippen LogP contribution is 2.22. The summed E-state index contributed by atoms with van der Waals surface area (Å²) < 4.78 is 0. The molecule has 0 aliphatic carbocycles. The van der Waals surface area contributed by atoms with E-state index in [1.54, 1.807) is 14.1 Å². The predicted molar refractivity (Wildman–Crippen MR) is 132 cm³/mol. The Balaban J connectivity index is 0.00000420. The van der Waals surface area contributed by atoms with Gasteiger partial charge in [0.1, 0.15) is 0 Å². The summed E-state index contributed by atoms with van der Waals surface area (Å²) >= 11 is 0. The fourth-order valence-electron chi connectivity index (χ4n) is 2.97. The van der Waals surface area contributed by atoms with Crippen LogP contribution in [0.5, 0.6) is 0 Å². The number of hydrogen-bond acceptors (Lipinski definition) is 2. The van der Waals surface area contributed by atoms with Crippen molar-refractivity contribution in [3.8, 4) is 0 Å². The Morgan fingerprint density at radius 1 is 1.03 bits per heavy atom. The summed E-state index contributed by atoms with van der Waals surface area (Å²) in [6.45, 7) is 7.97. The first-order chi connectivity index (χ1) is 13.4. The summed E-state index contributed by atoms with van der Waals surface area (Å²) in [7, 11) is 3.40. The first-order valence-electron chi connectivity index (χ1n) is 9.74. The highest BCUT2D eigenvalue weighted by molar-refractivity contribution is 14.0. The van der Waals surface area contributed by atoms with Gasteiger partial charge in [-0.25, -0.2) is 0 Å². The molecule has 6 heteroatoms. The van der Waals surface area contributed by atoms with Crippen molar-refractivity contribution < 1.29 is 4.79 Å². The second kappa shape index (κ2) is 11.8. The molecule has 0 aliphatic heterocycles. The Morgan fingerprint density at radius 2 is 1.72 bits per heavy atom. The van der Waals surface area contributed by atoms with Gasteiger partial charge in [0.15, 0.2) is 5.96 Å². The van der Waals surface area contributed by atoms with Crippen LogP contribution in [0.4, 0.5) is 0 Å². The van der Waals surface area contributed by atoms with Crippen LogP contribution < -0.4 is 16.0 Å². The number of rotatable bonds is 7. The zero-order valence-electron chi connectivity index (χ0n) is 18.0. The number of nitrogens with zero attached hydrogens (tertiary/aromatic N) is 1. The normalized spacial score (nSPS) is 11.4. The average molecular weight is 508 g/mol. The second-order valence-electron chi connectivity index (χ2n) is 7.49. The quantitative estimate of drug-likeness (QED) is 0.302. The molecule has 0 bridgehead atoms. The van der Waals surface area contributed by atoms with Crippen LogP contribution in [0.3, 0.4) is 0 Å². The highest BCUT2D eigenvalue weighted by Gasteiger charge is 2.20. The molecule has 0 spiro atoms. The molecule has 0 aromatic heterocycles. The Kier molecular flexibility index (Phi) is 10.2. The van der Waals surface area contributed by atoms with Crippen molar-refractivity contribution in [2.45, 2.75) is 39.2 Å². The Labute approximate surface area is 191 Å². The highest BCUT2D eigenvalue weighted by atomic mass is 127. The zero-order chi connectivity index (χ0) is 20.6. The van der Waals surface area contributed by atoms with E-state index in [-0.39, 0.29) is 35.3 Å². The Hall–Kier alpha value is -2.09. The maximum Gasteiger partial charge on any atom is 0.251 e. The minimum absolute atomic E-state index is 0. The fraction of sp³-hybridized carbons (Fsp3) is 0.391. The third-order valence-electron chi connectivity index (χ3n) is 4.94. The minimum Gasteiger partial charge on any atom is -0.356 e. The van der Waals surface area contributed by atoms with E-state index in [4.69, 9.17) is 0 Å². The molecular weight excluding hydrogens is 475 g/mol. The first kappa shape index (κ1) is 24.9. The van der Waals surface area contributed by atoms with Gasteiger partial charge in [-0.3, -0.25) is 9.79 Å². The lowest BCUT2D eigenvalue weighted by Crippen LogP contribution is -2.43. The van der Waals surface area contributed by atoms with E-state index in [0.29, 0.717) is 12.1 Å². The number of aryl methyl sites for hydroxylation is 1. The lowest BCUT2D eigenvalue weighted by Gasteiger charge is -2.27. The van der Waals surface area contributed by atoms with E-state index >= 15 is 0 Å². The molecule has 5 nitrogen and oxygen atoms in total. The van der Waals surface area contributed by atoms with Gasteiger partial charge in [-0.05, 0) is 35.2 Å². The molecule has 0 saturated heterocycles. The van der Waals surface area contributed by atoms with Gasteiger partial charge in [0.25, 0.3) is 5.91 Å². The van der Waals surface area contributed by atoms with Gasteiger partial charge < -0.3 is 16.0 Å². The summed E-state index contributed by atoms with van der Waals surface area (Å²) in [5.41, 5.74) is 4.30. The van der Waals surface area contributed by atoms with Crippen LogP contribution in [0.25, 0.3) is 0 Å². The van der Waals surface area contributed by atoms with Crippen molar-refractivity contribution in [3.05, 3.63) is 70.8 Å². The van der Waals surface area contributed by atoms with E-state index in [2.05, 4.69) is 66.0 Å². The fourth-order valence-corrected chi connectivity index (χ4v) is 2.97. The molecular formula is C23H33IN4O. The molecule has 3 N–H and O–H groups in total. The van der Waals surface area contributed by atoms with Gasteiger partial charge in [0.2, 0.25) is 0 Å². The number of carbonyl (C=O) groups excluding carboxylic acids is 1. The molecule has 0 saturated carbocycles. The molecule has 0 aliphatic rings. The Morgan fingerprint density at radius 3 is 2.31 bits per heavy atom. The van der Waals surface area contributed by atoms with Crippen LogP contribution in [0, 0.1) is 0 Å². The molecule has 2 rings (SSSR count). The number of amides is 1. The van der Waals surface area contributed by atoms with Crippen molar-refractivity contribution in [1.29, 1.82) is 0 Å². The van der Waals surface area contributed by atoms with Gasteiger partial charge in [0.05, 0.1) is 0 Å². The number of benzene rings is 2. The number of guanidine groups is 1. The van der Waals surface area contributed by atoms with Crippen molar-refractivity contribution in [2.75, 3.05) is 20.6 Å². The number of carbonyl (C=O) groups is 1. The van der Waals surface area contributed by atoms with Crippen LogP contribution in [0.15, 0.2) is 53.5 Å². The largest absolute Gasteiger partial charge is 0.356 e. The standard InChI is InChI=1S/C23H32N4O.HI/c1-6-17-10-12-20(13-11-17)23(2,3)16-27-22(25-5)26-15-18-8-7-9-19(14-18)21(28)24-4;/h7-14H,6,15-16H2,1-5H3,(H,24,28)(H2,25,26,27);1H. The molecule has 1 amide bonds. The maximum atomic E-state index is 11.8. The van der Waals surface area contributed by atoms with Gasteiger partial charge in [0, 0.05) is 38.2 Å². The molecule has 0 heterocycles. The van der Waals surface area contributed by atoms with Gasteiger partial charge in [-0.2, -0.15) is 0 Å². The van der Waals surface area contributed by atoms with Gasteiger partial charge >= 0.3 is 0 Å². The number of aliphatic imine (C=N–C) groups is 1. The molecule has 0 radical (unpaired) electrons. The van der Waals surface area contributed by atoms with E-state index in [0.717, 1.165) is 24.5 Å². The lowest BCUT2D eigenvalue weighted by molar-refractivity contribution is 0.0963. The molecule has 0 atom stereocenters. The number of nitrogens with one attached hydrogen (secondary N) is 3. The third kappa shape index (κ3) is 7.34. The van der Waals surface area contributed by atoms with Crippen molar-refractivity contribution in [1.82, 2.24) is 16.0 Å². The van der Waals surface area contributed by atoms with Crippen LogP contribution >= 0.6 is 24.0 Å². The molecule has 0 unspecified atom stereocenters. The maximum absolute atomic E-state index is 11.8. The van der Waals surface area contributed by atoms with E-state index in [1.807, 2.05) is 24.3 Å². The molecule has 29 heavy (non-hydrogen) atoms. The van der Waals surface area contributed by atoms with E-state index in [1.165, 1.54) is 11.1 Å². The van der Waals surface area contributed by atoms with Crippen LogP contribution in [-0.4, -0.2) is 32.5 Å². The monoisotopic (exact) mass is 508 g/mol. The lowest BCUT2D eigenvalue weighted by atomic mass is 9.84. The summed E-state index contributed by atoms with van der Waals surface area (Å²) in [5, 5.41) is 9.38. The Bertz CT molecular complexity index is 816. The minimum atomic E-state index is -0.0831. The molecule has 158 valence electrons. The van der Waals surface area contributed by atoms with Gasteiger partial charge in [-0.1, -0.05) is 57.2 Å². The number of hydrogen-bond donors (Lipinski definition) is 3. The van der Waals surface area contributed by atoms with E-state index in [9.17, 15) is 4.79 Å². The summed E-state index contributed by atoms with van der Waals surface area (Å²) in [6, 6.07) is 16.4. The smallest absolute Gasteiger partial charge is 0.251 e. The van der Waals surface area contributed by atoms with Crippen molar-refractivity contribution >= 4 is 35.8 Å². The summed E-state index contributed by atoms with van der Waals surface area (Å²) in [5.74, 6) is 0.656. The second-order valence-corrected chi connectivity index (χ2v) is 7.49. The third-order valence-corrected chi connectivity index (χ3v) is 4.94. The van der Waals surface area contributed by atoms with Crippen LogP contribution in [-0.2, 0) is 18.4 Å². The van der Waals surface area contributed by atoms with Crippen LogP contribution in [0.1, 0.15) is 47.8 Å². The topological polar surface area (TPSA) is 65.5 Å². The molecule has 2 aromatic rings. The van der Waals surface area contributed by atoms with E-state index < -0.39 is 0 Å². The van der Waals surface area contributed by atoms with Crippen molar-refractivity contribution in [2.24, 2.45) is 4.99 Å².